The third-order valence-electron chi connectivity index (χ3n) is 6.88. The minimum atomic E-state index is -0.554. The molecule has 9 nitrogen and oxygen atoms in total. The second kappa shape index (κ2) is 8.70. The van der Waals surface area contributed by atoms with Crippen LogP contribution in [0, 0.1) is 11.3 Å². The van der Waals surface area contributed by atoms with Crippen molar-refractivity contribution in [3.8, 4) is 22.9 Å². The maximum absolute atomic E-state index is 12.9. The fraction of sp³-hybridized carbons (Fsp3) is 0.500. The summed E-state index contributed by atoms with van der Waals surface area (Å²) in [6.45, 7) is 7.63. The van der Waals surface area contributed by atoms with Gasteiger partial charge in [0.15, 0.2) is 0 Å². The summed E-state index contributed by atoms with van der Waals surface area (Å²) in [5.41, 5.74) is 11.2. The van der Waals surface area contributed by atoms with E-state index in [1.54, 1.807) is 18.2 Å². The molecule has 1 aromatic carbocycles. The molecular formula is C26H31N5O4. The quantitative estimate of drug-likeness (QED) is 0.700. The molecule has 0 bridgehead atoms. The molecule has 3 atom stereocenters. The Hall–Kier alpha value is -3.35. The molecule has 5 rings (SSSR count). The number of carbonyl (C=O) groups is 1. The fourth-order valence-corrected chi connectivity index (χ4v) is 5.47. The van der Waals surface area contributed by atoms with Gasteiger partial charge in [-0.15, -0.1) is 0 Å². The molecule has 1 fully saturated rings. The summed E-state index contributed by atoms with van der Waals surface area (Å²) in [5.74, 6) is 0.648. The van der Waals surface area contributed by atoms with Gasteiger partial charge in [0.2, 0.25) is 0 Å². The molecule has 1 aromatic heterocycles. The monoisotopic (exact) mass is 477 g/mol. The molecule has 0 aliphatic carbocycles. The molecule has 35 heavy (non-hydrogen) atoms. The minimum absolute atomic E-state index is 0.0678. The van der Waals surface area contributed by atoms with Crippen LogP contribution < -0.4 is 15.4 Å². The zero-order valence-corrected chi connectivity index (χ0v) is 20.6. The van der Waals surface area contributed by atoms with Crippen LogP contribution in [0.1, 0.15) is 49.9 Å². The molecule has 2 aromatic rings. The predicted octanol–water partition coefficient (Wildman–Crippen LogP) is 3.36. The zero-order valence-electron chi connectivity index (χ0n) is 20.6. The third kappa shape index (κ3) is 4.17. The third-order valence-corrected chi connectivity index (χ3v) is 6.88. The maximum atomic E-state index is 12.9. The molecular weight excluding hydrogens is 446 g/mol. The number of likely N-dealkylation sites (tertiary alicyclic amines) is 1. The van der Waals surface area contributed by atoms with Crippen molar-refractivity contribution >= 4 is 11.8 Å². The highest BCUT2D eigenvalue weighted by Gasteiger charge is 2.47. The van der Waals surface area contributed by atoms with E-state index < -0.39 is 5.60 Å². The standard InChI is InChI=1S/C26H31N5O4/c1-26(2,3)35-25(32)30-6-5-22-20(12-30)19-8-15(18-9-17(33-4)11-29-21(18)10-27)7-16-13-34-14-23(28)31(22)24(16)19/h7-9,11,20,22-23H,5-6,12-14,28H2,1-4H3/t20-,22-,23?/m0/s1. The molecule has 4 heterocycles. The summed E-state index contributed by atoms with van der Waals surface area (Å²) >= 11 is 0. The molecule has 1 saturated heterocycles. The van der Waals surface area contributed by atoms with Gasteiger partial charge in [-0.1, -0.05) is 0 Å². The Labute approximate surface area is 205 Å². The second-order valence-corrected chi connectivity index (χ2v) is 10.3. The molecule has 0 spiro atoms. The zero-order chi connectivity index (χ0) is 24.9. The van der Waals surface area contributed by atoms with Gasteiger partial charge in [-0.05, 0) is 56.5 Å². The lowest BCUT2D eigenvalue weighted by atomic mass is 9.87. The number of nitriles is 1. The van der Waals surface area contributed by atoms with Crippen LogP contribution in [0.5, 0.6) is 5.75 Å². The Morgan fingerprint density at radius 1 is 1.31 bits per heavy atom. The van der Waals surface area contributed by atoms with Gasteiger partial charge < -0.3 is 29.7 Å². The molecule has 184 valence electrons. The van der Waals surface area contributed by atoms with E-state index in [9.17, 15) is 10.1 Å². The van der Waals surface area contributed by atoms with Crippen molar-refractivity contribution in [2.75, 3.05) is 31.7 Å². The summed E-state index contributed by atoms with van der Waals surface area (Å²) in [4.78, 5) is 21.3. The van der Waals surface area contributed by atoms with Crippen molar-refractivity contribution in [2.45, 2.75) is 57.5 Å². The van der Waals surface area contributed by atoms with Crippen LogP contribution >= 0.6 is 0 Å². The first-order valence-corrected chi connectivity index (χ1v) is 11.9. The van der Waals surface area contributed by atoms with E-state index in [0.29, 0.717) is 43.3 Å². The highest BCUT2D eigenvalue weighted by atomic mass is 16.6. The van der Waals surface area contributed by atoms with Gasteiger partial charge in [-0.3, -0.25) is 0 Å². The van der Waals surface area contributed by atoms with Crippen molar-refractivity contribution in [3.05, 3.63) is 41.2 Å². The highest BCUT2D eigenvalue weighted by molar-refractivity contribution is 5.79. The molecule has 2 N–H and O–H groups in total. The molecule has 0 saturated carbocycles. The number of carbonyl (C=O) groups excluding carboxylic acids is 1. The maximum Gasteiger partial charge on any atom is 0.410 e. The molecule has 1 unspecified atom stereocenters. The summed E-state index contributed by atoms with van der Waals surface area (Å²) in [6, 6.07) is 8.37. The summed E-state index contributed by atoms with van der Waals surface area (Å²) in [5, 5.41) is 9.71. The SMILES string of the molecule is COc1cnc(C#N)c(-c2cc3c4c(c2)[C@@H]2CN(C(=O)OC(C)(C)C)CC[C@@H]2N4C(N)COC3)c1. The normalized spacial score (nSPS) is 23.1. The van der Waals surface area contributed by atoms with E-state index in [4.69, 9.17) is 19.9 Å². The average molecular weight is 478 g/mol. The minimum Gasteiger partial charge on any atom is -0.495 e. The van der Waals surface area contributed by atoms with Gasteiger partial charge in [0.25, 0.3) is 0 Å². The summed E-state index contributed by atoms with van der Waals surface area (Å²) in [6.07, 6.45) is 1.77. The number of nitrogens with two attached hydrogens (primary N) is 1. The second-order valence-electron chi connectivity index (χ2n) is 10.3. The lowest BCUT2D eigenvalue weighted by Crippen LogP contribution is -2.54. The summed E-state index contributed by atoms with van der Waals surface area (Å²) < 4.78 is 17.0. The van der Waals surface area contributed by atoms with Gasteiger partial charge >= 0.3 is 6.09 Å². The fourth-order valence-electron chi connectivity index (χ4n) is 5.47. The first-order chi connectivity index (χ1) is 16.7. The number of fused-ring (bicyclic) bond motifs is 3. The van der Waals surface area contributed by atoms with Crippen molar-refractivity contribution < 1.29 is 19.0 Å². The van der Waals surface area contributed by atoms with E-state index in [2.05, 4.69) is 28.1 Å². The lowest BCUT2D eigenvalue weighted by molar-refractivity contribution is 0.0185. The van der Waals surface area contributed by atoms with Crippen LogP contribution in [-0.2, 0) is 16.1 Å². The smallest absolute Gasteiger partial charge is 0.410 e. The Kier molecular flexibility index (Phi) is 5.82. The Bertz CT molecular complexity index is 1200. The van der Waals surface area contributed by atoms with Crippen LogP contribution in [0.15, 0.2) is 24.4 Å². The Morgan fingerprint density at radius 2 is 2.11 bits per heavy atom. The number of aromatic nitrogens is 1. The van der Waals surface area contributed by atoms with Gasteiger partial charge in [0, 0.05) is 41.9 Å². The topological polar surface area (TPSA) is 114 Å². The van der Waals surface area contributed by atoms with Crippen LogP contribution in [0.4, 0.5) is 10.5 Å². The van der Waals surface area contributed by atoms with E-state index in [-0.39, 0.29) is 24.2 Å². The van der Waals surface area contributed by atoms with Crippen LogP contribution in [0.2, 0.25) is 0 Å². The number of amides is 1. The van der Waals surface area contributed by atoms with Crippen molar-refractivity contribution in [1.82, 2.24) is 9.88 Å². The largest absolute Gasteiger partial charge is 0.495 e. The Morgan fingerprint density at radius 3 is 2.83 bits per heavy atom. The van der Waals surface area contributed by atoms with Crippen LogP contribution in [0.25, 0.3) is 11.1 Å². The number of hydrogen-bond donors (Lipinski definition) is 1. The molecule has 3 aliphatic rings. The number of rotatable bonds is 2. The van der Waals surface area contributed by atoms with E-state index in [0.717, 1.165) is 28.8 Å². The number of hydrogen-bond acceptors (Lipinski definition) is 8. The van der Waals surface area contributed by atoms with E-state index in [1.807, 2.05) is 26.8 Å². The first kappa shape index (κ1) is 23.4. The molecule has 1 amide bonds. The average Bonchev–Trinajstić information content (AvgIpc) is 3.06. The number of anilines is 1. The number of pyridine rings is 1. The van der Waals surface area contributed by atoms with Gasteiger partial charge in [0.1, 0.15) is 29.3 Å². The lowest BCUT2D eigenvalue weighted by Gasteiger charge is -2.40. The first-order valence-electron chi connectivity index (χ1n) is 11.9. The predicted molar refractivity (Wildman–Crippen MR) is 130 cm³/mol. The van der Waals surface area contributed by atoms with Gasteiger partial charge in [0.05, 0.1) is 26.5 Å². The molecule has 0 radical (unpaired) electrons. The van der Waals surface area contributed by atoms with Crippen LogP contribution in [-0.4, -0.2) is 60.6 Å². The number of benzene rings is 1. The number of piperidine rings is 1. The Balaban J connectivity index is 1.60. The van der Waals surface area contributed by atoms with Crippen LogP contribution in [0.3, 0.4) is 0 Å². The van der Waals surface area contributed by atoms with Crippen molar-refractivity contribution in [3.63, 3.8) is 0 Å². The van der Waals surface area contributed by atoms with E-state index >= 15 is 0 Å². The molecule has 3 aliphatic heterocycles. The highest BCUT2D eigenvalue weighted by Crippen LogP contribution is 2.50. The molecule has 9 heteroatoms. The van der Waals surface area contributed by atoms with Gasteiger partial charge in [-0.2, -0.15) is 5.26 Å². The summed E-state index contributed by atoms with van der Waals surface area (Å²) in [7, 11) is 1.58. The van der Waals surface area contributed by atoms with Gasteiger partial charge in [-0.25, -0.2) is 9.78 Å². The van der Waals surface area contributed by atoms with E-state index in [1.165, 1.54) is 0 Å². The number of methoxy groups -OCH3 is 1. The number of nitrogens with zero attached hydrogens (tertiary/aromatic N) is 4. The number of ether oxygens (including phenoxy) is 3. The van der Waals surface area contributed by atoms with Crippen molar-refractivity contribution in [2.24, 2.45) is 5.73 Å². The van der Waals surface area contributed by atoms with Crippen molar-refractivity contribution in [1.29, 1.82) is 5.26 Å².